The first-order valence-electron chi connectivity index (χ1n) is 7.84. The Kier molecular flexibility index (Phi) is 3.51. The van der Waals surface area contributed by atoms with E-state index in [4.69, 9.17) is 0 Å². The Morgan fingerprint density at radius 3 is 3.05 bits per heavy atom. The zero-order valence-electron chi connectivity index (χ0n) is 11.8. The molecular formula is C17H22N2S. The number of hydrogen-bond donors (Lipinski definition) is 1. The quantitative estimate of drug-likeness (QED) is 0.927. The van der Waals surface area contributed by atoms with Crippen LogP contribution in [0.2, 0.25) is 0 Å². The van der Waals surface area contributed by atoms with Crippen LogP contribution in [0, 0.1) is 0 Å². The number of thiophene rings is 1. The summed E-state index contributed by atoms with van der Waals surface area (Å²) < 4.78 is 1.43. The van der Waals surface area contributed by atoms with Crippen LogP contribution in [0.3, 0.4) is 0 Å². The molecule has 0 amide bonds. The SMILES string of the molecule is c1ccc2c(CN3CCCC3C3CCCN3)csc2c1. The van der Waals surface area contributed by atoms with Crippen LogP contribution < -0.4 is 5.32 Å². The topological polar surface area (TPSA) is 15.3 Å². The third-order valence-electron chi connectivity index (χ3n) is 4.91. The summed E-state index contributed by atoms with van der Waals surface area (Å²) in [4.78, 5) is 2.72. The highest BCUT2D eigenvalue weighted by atomic mass is 32.1. The van der Waals surface area contributed by atoms with E-state index in [9.17, 15) is 0 Å². The summed E-state index contributed by atoms with van der Waals surface area (Å²) in [6, 6.07) is 10.3. The molecule has 20 heavy (non-hydrogen) atoms. The van der Waals surface area contributed by atoms with Gasteiger partial charge in [0.2, 0.25) is 0 Å². The van der Waals surface area contributed by atoms with Crippen molar-refractivity contribution in [3.05, 3.63) is 35.2 Å². The molecule has 2 atom stereocenters. The molecule has 2 aliphatic heterocycles. The van der Waals surface area contributed by atoms with Gasteiger partial charge in [-0.15, -0.1) is 11.3 Å². The molecule has 106 valence electrons. The van der Waals surface area contributed by atoms with Gasteiger partial charge < -0.3 is 5.32 Å². The molecule has 2 saturated heterocycles. The fraction of sp³-hybridized carbons (Fsp3) is 0.529. The lowest BCUT2D eigenvalue weighted by molar-refractivity contribution is 0.207. The van der Waals surface area contributed by atoms with E-state index in [-0.39, 0.29) is 0 Å². The summed E-state index contributed by atoms with van der Waals surface area (Å²) >= 11 is 1.89. The predicted molar refractivity (Wildman–Crippen MR) is 86.3 cm³/mol. The second-order valence-electron chi connectivity index (χ2n) is 6.14. The van der Waals surface area contributed by atoms with Gasteiger partial charge in [0.15, 0.2) is 0 Å². The van der Waals surface area contributed by atoms with Gasteiger partial charge in [-0.2, -0.15) is 0 Å². The first kappa shape index (κ1) is 12.8. The summed E-state index contributed by atoms with van der Waals surface area (Å²) in [5.41, 5.74) is 1.52. The maximum Gasteiger partial charge on any atom is 0.0346 e. The van der Waals surface area contributed by atoms with Crippen LogP contribution in [0.1, 0.15) is 31.2 Å². The Labute approximate surface area is 124 Å². The smallest absolute Gasteiger partial charge is 0.0346 e. The van der Waals surface area contributed by atoms with Crippen molar-refractivity contribution in [1.29, 1.82) is 0 Å². The van der Waals surface area contributed by atoms with Crippen molar-refractivity contribution in [2.75, 3.05) is 13.1 Å². The third kappa shape index (κ3) is 2.28. The average Bonchev–Trinajstić information content (AvgIpc) is 3.19. The molecule has 2 aliphatic rings. The van der Waals surface area contributed by atoms with Crippen molar-refractivity contribution >= 4 is 21.4 Å². The Morgan fingerprint density at radius 1 is 1.20 bits per heavy atom. The molecule has 1 aromatic heterocycles. The minimum Gasteiger partial charge on any atom is -0.312 e. The number of fused-ring (bicyclic) bond motifs is 1. The van der Waals surface area contributed by atoms with Crippen LogP contribution in [0.5, 0.6) is 0 Å². The standard InChI is InChI=1S/C17H22N2S/c1-2-8-17-14(5-1)13(12-20-17)11-19-10-4-7-16(19)15-6-3-9-18-15/h1-2,5,8,12,15-16,18H,3-4,6-7,9-11H2. The number of benzene rings is 1. The highest BCUT2D eigenvalue weighted by Crippen LogP contribution is 2.31. The molecule has 4 rings (SSSR count). The number of likely N-dealkylation sites (tertiary alicyclic amines) is 1. The third-order valence-corrected chi connectivity index (χ3v) is 5.92. The molecular weight excluding hydrogens is 264 g/mol. The predicted octanol–water partition coefficient (Wildman–Crippen LogP) is 3.62. The van der Waals surface area contributed by atoms with Gasteiger partial charge in [0.25, 0.3) is 0 Å². The van der Waals surface area contributed by atoms with Crippen LogP contribution in [0.15, 0.2) is 29.6 Å². The van der Waals surface area contributed by atoms with E-state index in [1.807, 2.05) is 11.3 Å². The molecule has 2 fully saturated rings. The largest absolute Gasteiger partial charge is 0.312 e. The van der Waals surface area contributed by atoms with Crippen LogP contribution in [0.25, 0.3) is 10.1 Å². The van der Waals surface area contributed by atoms with Crippen molar-refractivity contribution in [2.24, 2.45) is 0 Å². The molecule has 0 saturated carbocycles. The highest BCUT2D eigenvalue weighted by molar-refractivity contribution is 7.17. The van der Waals surface area contributed by atoms with E-state index in [1.165, 1.54) is 54.4 Å². The van der Waals surface area contributed by atoms with Gasteiger partial charge in [-0.1, -0.05) is 18.2 Å². The molecule has 1 aromatic carbocycles. The van der Waals surface area contributed by atoms with Gasteiger partial charge in [0.1, 0.15) is 0 Å². The van der Waals surface area contributed by atoms with Gasteiger partial charge in [-0.05, 0) is 61.2 Å². The van der Waals surface area contributed by atoms with Gasteiger partial charge in [0.05, 0.1) is 0 Å². The minimum atomic E-state index is 0.738. The van der Waals surface area contributed by atoms with Crippen LogP contribution in [-0.2, 0) is 6.54 Å². The molecule has 0 spiro atoms. The second kappa shape index (κ2) is 5.47. The zero-order chi connectivity index (χ0) is 13.4. The van der Waals surface area contributed by atoms with Crippen LogP contribution >= 0.6 is 11.3 Å². The maximum absolute atomic E-state index is 3.71. The molecule has 0 aliphatic carbocycles. The number of hydrogen-bond acceptors (Lipinski definition) is 3. The first-order valence-corrected chi connectivity index (χ1v) is 8.72. The van der Waals surface area contributed by atoms with E-state index >= 15 is 0 Å². The highest BCUT2D eigenvalue weighted by Gasteiger charge is 2.33. The monoisotopic (exact) mass is 286 g/mol. The van der Waals surface area contributed by atoms with E-state index < -0.39 is 0 Å². The van der Waals surface area contributed by atoms with Gasteiger partial charge in [0, 0.05) is 23.3 Å². The number of nitrogens with one attached hydrogen (secondary N) is 1. The first-order chi connectivity index (χ1) is 9.92. The van der Waals surface area contributed by atoms with Crippen molar-refractivity contribution < 1.29 is 0 Å². The van der Waals surface area contributed by atoms with Gasteiger partial charge in [-0.3, -0.25) is 4.90 Å². The summed E-state index contributed by atoms with van der Waals surface area (Å²) in [5.74, 6) is 0. The van der Waals surface area contributed by atoms with Gasteiger partial charge in [-0.25, -0.2) is 0 Å². The minimum absolute atomic E-state index is 0.738. The Balaban J connectivity index is 1.55. The van der Waals surface area contributed by atoms with Gasteiger partial charge >= 0.3 is 0 Å². The molecule has 0 bridgehead atoms. The molecule has 1 N–H and O–H groups in total. The lowest BCUT2D eigenvalue weighted by atomic mass is 10.0. The Morgan fingerprint density at radius 2 is 2.15 bits per heavy atom. The van der Waals surface area contributed by atoms with E-state index in [1.54, 1.807) is 0 Å². The van der Waals surface area contributed by atoms with Crippen molar-refractivity contribution in [2.45, 2.75) is 44.3 Å². The molecule has 3 heteroatoms. The number of nitrogens with zero attached hydrogens (tertiary/aromatic N) is 1. The summed E-state index contributed by atoms with van der Waals surface area (Å²) in [7, 11) is 0. The molecule has 0 radical (unpaired) electrons. The summed E-state index contributed by atoms with van der Waals surface area (Å²) in [5, 5.41) is 7.53. The number of rotatable bonds is 3. The molecule has 2 nitrogen and oxygen atoms in total. The van der Waals surface area contributed by atoms with E-state index in [2.05, 4.69) is 39.9 Å². The Hall–Kier alpha value is -0.900. The summed E-state index contributed by atoms with van der Waals surface area (Å²) in [6.07, 6.45) is 5.46. The molecule has 2 aromatic rings. The second-order valence-corrected chi connectivity index (χ2v) is 7.05. The summed E-state index contributed by atoms with van der Waals surface area (Å²) in [6.45, 7) is 3.62. The Bertz CT molecular complexity index is 585. The normalized spacial score (nSPS) is 27.6. The average molecular weight is 286 g/mol. The van der Waals surface area contributed by atoms with Crippen molar-refractivity contribution in [3.63, 3.8) is 0 Å². The maximum atomic E-state index is 3.71. The molecule has 2 unspecified atom stereocenters. The van der Waals surface area contributed by atoms with Crippen molar-refractivity contribution in [1.82, 2.24) is 10.2 Å². The van der Waals surface area contributed by atoms with Crippen LogP contribution in [-0.4, -0.2) is 30.1 Å². The fourth-order valence-corrected chi connectivity index (χ4v) is 4.87. The van der Waals surface area contributed by atoms with E-state index in [0.29, 0.717) is 0 Å². The fourth-order valence-electron chi connectivity index (χ4n) is 3.92. The van der Waals surface area contributed by atoms with Crippen LogP contribution in [0.4, 0.5) is 0 Å². The molecule has 3 heterocycles. The van der Waals surface area contributed by atoms with Crippen molar-refractivity contribution in [3.8, 4) is 0 Å². The zero-order valence-corrected chi connectivity index (χ0v) is 12.7. The lowest BCUT2D eigenvalue weighted by Crippen LogP contribution is -2.43. The lowest BCUT2D eigenvalue weighted by Gasteiger charge is -2.29. The van der Waals surface area contributed by atoms with E-state index in [0.717, 1.165) is 18.6 Å².